The van der Waals surface area contributed by atoms with Gasteiger partial charge in [-0.2, -0.15) is 0 Å². The van der Waals surface area contributed by atoms with Crippen LogP contribution in [0.1, 0.15) is 84.5 Å². The zero-order valence-corrected chi connectivity index (χ0v) is 46.5. The second kappa shape index (κ2) is 47.1. The number of hydrogen-bond donors (Lipinski definition) is 15. The van der Waals surface area contributed by atoms with E-state index < -0.39 is 86.5 Å². The Labute approximate surface area is 467 Å². The van der Waals surface area contributed by atoms with Crippen LogP contribution in [0.2, 0.25) is 0 Å². The Morgan fingerprint density at radius 3 is 1.27 bits per heavy atom. The molecule has 3 saturated heterocycles. The van der Waals surface area contributed by atoms with Crippen LogP contribution in [0.25, 0.3) is 0 Å². The average Bonchev–Trinajstić information content (AvgIpc) is 3.49. The number of likely N-dealkylation sites (N-methyl/N-ethyl adjacent to an activating group) is 1. The van der Waals surface area contributed by atoms with E-state index in [9.17, 15) is 54.6 Å². The number of aldehydes is 1. The molecule has 14 atom stereocenters. The molecule has 3 heterocycles. The van der Waals surface area contributed by atoms with Crippen molar-refractivity contribution >= 4 is 30.9 Å². The Bertz CT molecular complexity index is 1570. The van der Waals surface area contributed by atoms with Crippen LogP contribution in [0.3, 0.4) is 0 Å². The summed E-state index contributed by atoms with van der Waals surface area (Å²) in [5.41, 5.74) is 0. The van der Waals surface area contributed by atoms with Gasteiger partial charge >= 0.3 is 0 Å². The fraction of sp³-hybridized carbons (Fsp3) is 0.900. The standard InChI is InChI=1S/C16H30N2O8.C16H32N2O7.C11H21NO7.C7H12O3/c1-2-3-11(18-10-20)16(23)17-4-5-24-6-7-25-14-8-12(21)15(22)13(9-19)26-14;1-3-4-11(17-2)16(22)18-5-6-23-7-8-24-14-9-12(20)15(21)13(10-19)25-14;13-6-9-11(16)8(15)5-10(19-9)18-4-3-17-2-1-12-7-14;8-5-6-1-3-7(10-9)4-2-6/h10-15,19,21-22H,2-9H2,1H3,(H,17,23)(H,18,20);11-15,17,19-21H,3-10H2,1-2H3,(H,18,22);7-11,13,15-16H,1-6H2,(H,12,14);5-7,9H,1-4H2. The van der Waals surface area contributed by atoms with E-state index in [1.165, 1.54) is 0 Å². The lowest BCUT2D eigenvalue weighted by Crippen LogP contribution is -2.50. The zero-order chi connectivity index (χ0) is 59.5. The number of aliphatic hydroxyl groups is 9. The molecule has 4 aliphatic rings. The van der Waals surface area contributed by atoms with Crippen LogP contribution in [0.15, 0.2) is 0 Å². The Balaban J connectivity index is 0.000000556. The van der Waals surface area contributed by atoms with E-state index in [2.05, 4.69) is 31.5 Å². The lowest BCUT2D eigenvalue weighted by molar-refractivity contribution is -0.284. The number of amides is 4. The quantitative estimate of drug-likeness (QED) is 0.0121. The molecule has 30 heteroatoms. The molecule has 3 aliphatic heterocycles. The topological polar surface area (TPSA) is 440 Å². The van der Waals surface area contributed by atoms with Crippen LogP contribution in [-0.4, -0.2) is 280 Å². The number of carbonyl (C=O) groups is 5. The summed E-state index contributed by atoms with van der Waals surface area (Å²) in [6.45, 7) is 6.53. The molecule has 1 saturated carbocycles. The van der Waals surface area contributed by atoms with E-state index in [0.29, 0.717) is 65.3 Å². The summed E-state index contributed by atoms with van der Waals surface area (Å²) < 4.78 is 47.9. The van der Waals surface area contributed by atoms with Gasteiger partial charge in [0.1, 0.15) is 49.0 Å². The third-order valence-corrected chi connectivity index (χ3v) is 12.8. The summed E-state index contributed by atoms with van der Waals surface area (Å²) in [6.07, 6.45) is -2.16. The van der Waals surface area contributed by atoms with Gasteiger partial charge in [-0.15, -0.1) is 0 Å². The Hall–Kier alpha value is -3.29. The van der Waals surface area contributed by atoms with Gasteiger partial charge in [-0.3, -0.25) is 24.4 Å². The molecule has 4 fully saturated rings. The van der Waals surface area contributed by atoms with Crippen LogP contribution < -0.4 is 26.6 Å². The predicted octanol–water partition coefficient (Wildman–Crippen LogP) is -4.94. The van der Waals surface area contributed by atoms with E-state index in [1.54, 1.807) is 7.05 Å². The third kappa shape index (κ3) is 32.0. The van der Waals surface area contributed by atoms with E-state index in [-0.39, 0.29) is 95.4 Å². The molecule has 4 rings (SSSR count). The van der Waals surface area contributed by atoms with E-state index in [1.807, 2.05) is 13.8 Å². The van der Waals surface area contributed by atoms with Crippen molar-refractivity contribution in [3.05, 3.63) is 0 Å². The number of hydrogen-bond acceptors (Lipinski definition) is 26. The van der Waals surface area contributed by atoms with Crippen LogP contribution in [-0.2, 0) is 71.5 Å². The van der Waals surface area contributed by atoms with Crippen molar-refractivity contribution in [2.24, 2.45) is 5.92 Å². The van der Waals surface area contributed by atoms with Crippen molar-refractivity contribution in [1.82, 2.24) is 26.6 Å². The fourth-order valence-electron chi connectivity index (χ4n) is 8.16. The normalized spacial score (nSPS) is 29.1. The Morgan fingerprint density at radius 1 is 0.550 bits per heavy atom. The van der Waals surface area contributed by atoms with Gasteiger partial charge < -0.3 is 120 Å². The van der Waals surface area contributed by atoms with E-state index >= 15 is 0 Å². The molecule has 1 aliphatic carbocycles. The highest BCUT2D eigenvalue weighted by Crippen LogP contribution is 2.25. The minimum absolute atomic E-state index is 0.0313. The highest BCUT2D eigenvalue weighted by molar-refractivity contribution is 5.83. The second-order valence-electron chi connectivity index (χ2n) is 18.9. The number of ether oxygens (including phenoxy) is 9. The minimum atomic E-state index is -1.13. The van der Waals surface area contributed by atoms with Crippen LogP contribution in [0, 0.1) is 5.92 Å². The number of aliphatic hydroxyl groups excluding tert-OH is 9. The van der Waals surface area contributed by atoms with Crippen molar-refractivity contribution in [2.75, 3.05) is 106 Å². The number of carbonyl (C=O) groups excluding carboxylic acids is 5. The largest absolute Gasteiger partial charge is 0.394 e. The summed E-state index contributed by atoms with van der Waals surface area (Å²) in [5.74, 6) is -0.0919. The molecule has 80 heavy (non-hydrogen) atoms. The van der Waals surface area contributed by atoms with Crippen molar-refractivity contribution < 1.29 is 123 Å². The molecular weight excluding hydrogens is 1070 g/mol. The summed E-state index contributed by atoms with van der Waals surface area (Å²) in [7, 11) is 1.76. The Morgan fingerprint density at radius 2 is 0.938 bits per heavy atom. The maximum absolute atomic E-state index is 11.8. The van der Waals surface area contributed by atoms with Gasteiger partial charge in [-0.1, -0.05) is 26.7 Å². The average molecular weight is 1170 g/mol. The highest BCUT2D eigenvalue weighted by Gasteiger charge is 2.39. The van der Waals surface area contributed by atoms with Gasteiger partial charge in [0, 0.05) is 44.8 Å². The molecule has 0 bridgehead atoms. The van der Waals surface area contributed by atoms with Crippen LogP contribution >= 0.6 is 0 Å². The smallest absolute Gasteiger partial charge is 0.242 e. The lowest BCUT2D eigenvalue weighted by Gasteiger charge is -2.36. The highest BCUT2D eigenvalue weighted by atomic mass is 17.1. The number of nitrogens with one attached hydrogen (secondary N) is 5. The molecule has 0 radical (unpaired) electrons. The molecule has 15 N–H and O–H groups in total. The van der Waals surface area contributed by atoms with Gasteiger partial charge in [0.05, 0.1) is 110 Å². The molecule has 14 unspecified atom stereocenters. The van der Waals surface area contributed by atoms with Gasteiger partial charge in [0.2, 0.25) is 24.6 Å². The number of rotatable bonds is 36. The maximum atomic E-state index is 11.8. The summed E-state index contributed by atoms with van der Waals surface area (Å²) in [5, 5.41) is 106. The molecule has 470 valence electrons. The fourth-order valence-corrected chi connectivity index (χ4v) is 8.16. The first-order chi connectivity index (χ1) is 38.6. The molecule has 4 amide bonds. The van der Waals surface area contributed by atoms with Crippen LogP contribution in [0.4, 0.5) is 0 Å². The molecular formula is C50H95N5O25. The van der Waals surface area contributed by atoms with Crippen molar-refractivity contribution in [1.29, 1.82) is 0 Å². The van der Waals surface area contributed by atoms with Gasteiger partial charge in [0.25, 0.3) is 0 Å². The zero-order valence-electron chi connectivity index (χ0n) is 46.5. The first-order valence-corrected chi connectivity index (χ1v) is 27.4. The SMILES string of the molecule is CCCC(NC)C(=O)NCCOCCOC1CC(O)C(O)C(CO)O1.CCCC(NC=O)C(=O)NCCOCCOC1CC(O)C(O)C(CO)O1.O=CC1CCC(OO)CC1.O=CNCCOCCOC1CC(O)C(O)C(CO)O1. The Kier molecular flexibility index (Phi) is 44.0. The molecule has 0 aromatic rings. The van der Waals surface area contributed by atoms with Crippen molar-refractivity contribution in [2.45, 2.75) is 176 Å². The monoisotopic (exact) mass is 1170 g/mol. The van der Waals surface area contributed by atoms with E-state index in [4.69, 9.17) is 63.2 Å². The molecule has 0 spiro atoms. The van der Waals surface area contributed by atoms with Gasteiger partial charge in [0.15, 0.2) is 18.9 Å². The van der Waals surface area contributed by atoms with E-state index in [0.717, 1.165) is 51.2 Å². The lowest BCUT2D eigenvalue weighted by atomic mass is 9.89. The maximum Gasteiger partial charge on any atom is 0.242 e. The molecule has 30 nitrogen and oxygen atoms in total. The van der Waals surface area contributed by atoms with Crippen molar-refractivity contribution in [3.63, 3.8) is 0 Å². The van der Waals surface area contributed by atoms with Crippen molar-refractivity contribution in [3.8, 4) is 0 Å². The summed E-state index contributed by atoms with van der Waals surface area (Å²) in [6, 6.07) is -0.719. The first-order valence-electron chi connectivity index (χ1n) is 27.4. The van der Waals surface area contributed by atoms with Gasteiger partial charge in [-0.05, 0) is 45.6 Å². The van der Waals surface area contributed by atoms with Crippen LogP contribution in [0.5, 0.6) is 0 Å². The summed E-state index contributed by atoms with van der Waals surface area (Å²) >= 11 is 0. The third-order valence-electron chi connectivity index (χ3n) is 12.8. The summed E-state index contributed by atoms with van der Waals surface area (Å²) in [4.78, 5) is 58.5. The first kappa shape index (κ1) is 74.7. The molecule has 0 aromatic heterocycles. The second-order valence-corrected chi connectivity index (χ2v) is 18.9. The predicted molar refractivity (Wildman–Crippen MR) is 279 cm³/mol. The minimum Gasteiger partial charge on any atom is -0.394 e. The van der Waals surface area contributed by atoms with Gasteiger partial charge in [-0.25, -0.2) is 4.89 Å². The molecule has 0 aromatic carbocycles.